The van der Waals surface area contributed by atoms with Gasteiger partial charge < -0.3 is 14.4 Å². The number of nitrogens with zero attached hydrogens (tertiary/aromatic N) is 4. The molecule has 0 bridgehead atoms. The first-order valence-electron chi connectivity index (χ1n) is 13.1. The molecule has 1 saturated heterocycles. The number of ether oxygens (including phenoxy) is 1. The molecule has 1 N–H and O–H groups in total. The van der Waals surface area contributed by atoms with Gasteiger partial charge in [0, 0.05) is 56.5 Å². The monoisotopic (exact) mass is 528 g/mol. The minimum Gasteiger partial charge on any atom is -0.491 e. The Kier molecular flexibility index (Phi) is 7.12. The molecular weight excluding hydrogens is 496 g/mol. The third-order valence-corrected chi connectivity index (χ3v) is 8.16. The van der Waals surface area contributed by atoms with E-state index in [2.05, 4.69) is 75.4 Å². The van der Waals surface area contributed by atoms with E-state index in [1.165, 1.54) is 10.8 Å². The average Bonchev–Trinajstić information content (AvgIpc) is 3.54. The van der Waals surface area contributed by atoms with Crippen LogP contribution < -0.4 is 4.74 Å². The molecular formula is C30H32N4O3S. The number of hydrogen-bond donors (Lipinski definition) is 1. The van der Waals surface area contributed by atoms with Gasteiger partial charge in [0.1, 0.15) is 18.5 Å². The van der Waals surface area contributed by atoms with E-state index >= 15 is 0 Å². The largest absolute Gasteiger partial charge is 0.491 e. The second-order valence-corrected chi connectivity index (χ2v) is 11.4. The van der Waals surface area contributed by atoms with Gasteiger partial charge in [-0.2, -0.15) is 0 Å². The number of fused-ring (bicyclic) bond motifs is 2. The number of aliphatic hydroxyl groups excluding tert-OH is 1. The first kappa shape index (κ1) is 25.0. The van der Waals surface area contributed by atoms with Crippen molar-refractivity contribution in [3.8, 4) is 17.1 Å². The number of benzene rings is 3. The molecule has 38 heavy (non-hydrogen) atoms. The van der Waals surface area contributed by atoms with Crippen LogP contribution in [0.4, 0.5) is 0 Å². The van der Waals surface area contributed by atoms with Crippen LogP contribution in [0.1, 0.15) is 17.6 Å². The van der Waals surface area contributed by atoms with Gasteiger partial charge in [0.2, 0.25) is 0 Å². The Labute approximate surface area is 226 Å². The Balaban J connectivity index is 1.01. The van der Waals surface area contributed by atoms with Gasteiger partial charge in [-0.25, -0.2) is 4.98 Å². The standard InChI is InChI=1S/C30H32N4O3S/c1-20-16-33(18-24(35)19-36-25-10-11-30-28(15-25)31-21(2)38-30)12-13-34(20)17-23-14-29(37-32-23)27-9-5-7-22-6-3-4-8-26(22)27/h3-11,14-15,20,24,35H,12-13,16-19H2,1-2H3/t20?,24-/m0/s1. The van der Waals surface area contributed by atoms with Gasteiger partial charge >= 0.3 is 0 Å². The molecule has 3 heterocycles. The van der Waals surface area contributed by atoms with Crippen LogP contribution >= 0.6 is 11.3 Å². The van der Waals surface area contributed by atoms with E-state index in [1.807, 2.05) is 25.1 Å². The summed E-state index contributed by atoms with van der Waals surface area (Å²) in [6.45, 7) is 8.51. The van der Waals surface area contributed by atoms with Crippen molar-refractivity contribution in [1.82, 2.24) is 19.9 Å². The van der Waals surface area contributed by atoms with Crippen molar-refractivity contribution in [2.24, 2.45) is 0 Å². The van der Waals surface area contributed by atoms with Crippen molar-refractivity contribution < 1.29 is 14.4 Å². The maximum Gasteiger partial charge on any atom is 0.167 e. The Bertz CT molecular complexity index is 1540. The lowest BCUT2D eigenvalue weighted by atomic mass is 10.0. The SMILES string of the molecule is Cc1nc2cc(OC[C@@H](O)CN3CCN(Cc4cc(-c5cccc6ccccc56)on4)C(C)C3)ccc2s1. The fourth-order valence-electron chi connectivity index (χ4n) is 5.29. The van der Waals surface area contributed by atoms with Crippen molar-refractivity contribution >= 4 is 32.3 Å². The number of rotatable bonds is 8. The van der Waals surface area contributed by atoms with Crippen LogP contribution in [0.5, 0.6) is 5.75 Å². The summed E-state index contributed by atoms with van der Waals surface area (Å²) in [7, 11) is 0. The number of β-amino-alcohol motifs (C(OH)–C–C–N with tert-alkyl or cyclic N) is 1. The lowest BCUT2D eigenvalue weighted by molar-refractivity contribution is 0.0250. The van der Waals surface area contributed by atoms with Gasteiger partial charge in [-0.15, -0.1) is 11.3 Å². The maximum absolute atomic E-state index is 10.6. The van der Waals surface area contributed by atoms with Crippen LogP contribution in [-0.2, 0) is 6.54 Å². The van der Waals surface area contributed by atoms with Crippen molar-refractivity contribution in [2.45, 2.75) is 32.5 Å². The second-order valence-electron chi connectivity index (χ2n) is 10.1. The molecule has 2 aromatic heterocycles. The number of hydrogen-bond acceptors (Lipinski definition) is 8. The summed E-state index contributed by atoms with van der Waals surface area (Å²) in [4.78, 5) is 9.26. The predicted octanol–water partition coefficient (Wildman–Crippen LogP) is 5.36. The zero-order valence-electron chi connectivity index (χ0n) is 21.7. The van der Waals surface area contributed by atoms with Crippen LogP contribution in [0.25, 0.3) is 32.3 Å². The van der Waals surface area contributed by atoms with E-state index in [9.17, 15) is 5.11 Å². The van der Waals surface area contributed by atoms with E-state index < -0.39 is 6.10 Å². The summed E-state index contributed by atoms with van der Waals surface area (Å²) in [6.07, 6.45) is -0.555. The molecule has 0 saturated carbocycles. The number of aromatic nitrogens is 2. The van der Waals surface area contributed by atoms with Crippen LogP contribution in [-0.4, -0.2) is 70.0 Å². The minimum atomic E-state index is -0.555. The number of thiazole rings is 1. The zero-order valence-corrected chi connectivity index (χ0v) is 22.5. The maximum atomic E-state index is 10.6. The summed E-state index contributed by atoms with van der Waals surface area (Å²) in [5, 5.41) is 18.4. The first-order chi connectivity index (χ1) is 18.5. The van der Waals surface area contributed by atoms with E-state index in [4.69, 9.17) is 9.26 Å². The number of aryl methyl sites for hydroxylation is 1. The molecule has 1 unspecified atom stereocenters. The molecule has 1 fully saturated rings. The van der Waals surface area contributed by atoms with Crippen molar-refractivity contribution in [1.29, 1.82) is 0 Å². The molecule has 196 valence electrons. The minimum absolute atomic E-state index is 0.263. The first-order valence-corrected chi connectivity index (χ1v) is 13.9. The molecule has 3 aromatic carbocycles. The number of aliphatic hydroxyl groups is 1. The average molecular weight is 529 g/mol. The van der Waals surface area contributed by atoms with Gasteiger partial charge in [0.05, 0.1) is 20.9 Å². The summed E-state index contributed by atoms with van der Waals surface area (Å²) in [5.74, 6) is 1.55. The van der Waals surface area contributed by atoms with Crippen LogP contribution in [0.15, 0.2) is 71.3 Å². The van der Waals surface area contributed by atoms with Gasteiger partial charge in [0.25, 0.3) is 0 Å². The van der Waals surface area contributed by atoms with Crippen LogP contribution in [0.3, 0.4) is 0 Å². The molecule has 5 aromatic rings. The second kappa shape index (κ2) is 10.8. The number of piperazine rings is 1. The van der Waals surface area contributed by atoms with Crippen LogP contribution in [0.2, 0.25) is 0 Å². The Morgan fingerprint density at radius 2 is 1.97 bits per heavy atom. The molecule has 2 atom stereocenters. The quantitative estimate of drug-likeness (QED) is 0.291. The summed E-state index contributed by atoms with van der Waals surface area (Å²) >= 11 is 1.67. The molecule has 0 amide bonds. The molecule has 1 aliphatic heterocycles. The van der Waals surface area contributed by atoms with E-state index in [1.54, 1.807) is 11.3 Å². The molecule has 8 heteroatoms. The highest BCUT2D eigenvalue weighted by molar-refractivity contribution is 7.18. The fourth-order valence-corrected chi connectivity index (χ4v) is 6.10. The molecule has 0 aliphatic carbocycles. The van der Waals surface area contributed by atoms with E-state index in [-0.39, 0.29) is 6.61 Å². The Morgan fingerprint density at radius 3 is 2.87 bits per heavy atom. The third-order valence-electron chi connectivity index (χ3n) is 7.21. The lowest BCUT2D eigenvalue weighted by Crippen LogP contribution is -2.53. The lowest BCUT2D eigenvalue weighted by Gasteiger charge is -2.40. The molecule has 0 spiro atoms. The smallest absolute Gasteiger partial charge is 0.167 e. The van der Waals surface area contributed by atoms with Gasteiger partial charge in [0.15, 0.2) is 5.76 Å². The Hall–Kier alpha value is -3.30. The highest BCUT2D eigenvalue weighted by Crippen LogP contribution is 2.30. The molecule has 0 radical (unpaired) electrons. The van der Waals surface area contributed by atoms with Gasteiger partial charge in [-0.1, -0.05) is 47.6 Å². The Morgan fingerprint density at radius 1 is 1.11 bits per heavy atom. The molecule has 6 rings (SSSR count). The van der Waals surface area contributed by atoms with Crippen molar-refractivity contribution in [3.63, 3.8) is 0 Å². The van der Waals surface area contributed by atoms with E-state index in [0.717, 1.165) is 64.2 Å². The summed E-state index contributed by atoms with van der Waals surface area (Å²) in [5.41, 5.74) is 2.95. The highest BCUT2D eigenvalue weighted by Gasteiger charge is 2.26. The van der Waals surface area contributed by atoms with E-state index in [0.29, 0.717) is 12.6 Å². The predicted molar refractivity (Wildman–Crippen MR) is 152 cm³/mol. The van der Waals surface area contributed by atoms with Crippen molar-refractivity contribution in [2.75, 3.05) is 32.8 Å². The van der Waals surface area contributed by atoms with Crippen molar-refractivity contribution in [3.05, 3.63) is 77.4 Å². The van der Waals surface area contributed by atoms with Gasteiger partial charge in [-0.05, 0) is 36.8 Å². The highest BCUT2D eigenvalue weighted by atomic mass is 32.1. The van der Waals surface area contributed by atoms with Crippen LogP contribution in [0, 0.1) is 6.92 Å². The summed E-state index contributed by atoms with van der Waals surface area (Å²) in [6, 6.07) is 22.9. The topological polar surface area (TPSA) is 74.9 Å². The normalized spacial score (nSPS) is 17.8. The molecule has 1 aliphatic rings. The zero-order chi connectivity index (χ0) is 26.1. The van der Waals surface area contributed by atoms with Gasteiger partial charge in [-0.3, -0.25) is 9.80 Å². The summed E-state index contributed by atoms with van der Waals surface area (Å²) < 4.78 is 12.8. The third kappa shape index (κ3) is 5.44. The fraction of sp³-hybridized carbons (Fsp3) is 0.333. The molecule has 7 nitrogen and oxygen atoms in total.